The van der Waals surface area contributed by atoms with Crippen LogP contribution < -0.4 is 10.2 Å². The maximum atomic E-state index is 14.1. The van der Waals surface area contributed by atoms with Gasteiger partial charge in [0.05, 0.1) is 0 Å². The van der Waals surface area contributed by atoms with Gasteiger partial charge in [0.15, 0.2) is 5.76 Å². The topological polar surface area (TPSA) is 57.6 Å². The molecular weight excluding hydrogens is 390 g/mol. The SMILES string of the molecule is Cc1cnc(C2C=CC(OC(F)(F)F)=C(F)C2)cc1N1CCC(NC(C)O)CC1. The molecule has 0 radical (unpaired) electrons. The van der Waals surface area contributed by atoms with Crippen molar-refractivity contribution in [3.05, 3.63) is 47.3 Å². The third-order valence-corrected chi connectivity index (χ3v) is 5.16. The van der Waals surface area contributed by atoms with Crippen molar-refractivity contribution in [2.24, 2.45) is 0 Å². The molecule has 160 valence electrons. The fraction of sp³-hybridized carbons (Fsp3) is 0.550. The molecule has 0 bridgehead atoms. The Bertz CT molecular complexity index is 784. The predicted octanol–water partition coefficient (Wildman–Crippen LogP) is 4.05. The molecule has 1 fully saturated rings. The molecule has 1 aromatic rings. The molecule has 9 heteroatoms. The number of hydrogen-bond acceptors (Lipinski definition) is 5. The van der Waals surface area contributed by atoms with Gasteiger partial charge in [0, 0.05) is 49.0 Å². The van der Waals surface area contributed by atoms with Crippen molar-refractivity contribution in [1.29, 1.82) is 0 Å². The van der Waals surface area contributed by atoms with Crippen molar-refractivity contribution in [1.82, 2.24) is 10.3 Å². The number of anilines is 1. The number of pyridine rings is 1. The Balaban J connectivity index is 1.70. The Hall–Kier alpha value is -2.13. The predicted molar refractivity (Wildman–Crippen MR) is 101 cm³/mol. The van der Waals surface area contributed by atoms with Gasteiger partial charge in [-0.2, -0.15) is 0 Å². The zero-order chi connectivity index (χ0) is 21.2. The first-order chi connectivity index (χ1) is 13.6. The summed E-state index contributed by atoms with van der Waals surface area (Å²) in [7, 11) is 0. The van der Waals surface area contributed by atoms with Gasteiger partial charge in [0.1, 0.15) is 12.1 Å². The summed E-state index contributed by atoms with van der Waals surface area (Å²) < 4.78 is 54.9. The number of aliphatic hydroxyl groups excluding tert-OH is 1. The van der Waals surface area contributed by atoms with Crippen molar-refractivity contribution >= 4 is 5.69 Å². The lowest BCUT2D eigenvalue weighted by Crippen LogP contribution is -2.45. The van der Waals surface area contributed by atoms with Crippen LogP contribution in [-0.2, 0) is 4.74 Å². The number of aryl methyl sites for hydroxylation is 1. The van der Waals surface area contributed by atoms with Gasteiger partial charge >= 0.3 is 6.36 Å². The molecule has 0 saturated carbocycles. The van der Waals surface area contributed by atoms with Crippen LogP contribution in [0.4, 0.5) is 23.2 Å². The third-order valence-electron chi connectivity index (χ3n) is 5.16. The number of rotatable bonds is 5. The summed E-state index contributed by atoms with van der Waals surface area (Å²) in [5.74, 6) is -2.19. The number of nitrogens with one attached hydrogen (secondary N) is 1. The maximum absolute atomic E-state index is 14.1. The highest BCUT2D eigenvalue weighted by molar-refractivity contribution is 5.54. The number of allylic oxidation sites excluding steroid dienone is 3. The normalized spacial score (nSPS) is 22.2. The highest BCUT2D eigenvalue weighted by Crippen LogP contribution is 2.36. The molecule has 1 saturated heterocycles. The molecule has 1 aliphatic carbocycles. The molecule has 0 aromatic carbocycles. The quantitative estimate of drug-likeness (QED) is 0.561. The molecule has 1 aromatic heterocycles. The second-order valence-electron chi connectivity index (χ2n) is 7.49. The summed E-state index contributed by atoms with van der Waals surface area (Å²) in [6, 6.07) is 2.13. The number of aromatic nitrogens is 1. The average Bonchev–Trinajstić information content (AvgIpc) is 2.63. The van der Waals surface area contributed by atoms with Gasteiger partial charge < -0.3 is 14.7 Å². The fourth-order valence-electron chi connectivity index (χ4n) is 3.77. The zero-order valence-electron chi connectivity index (χ0n) is 16.3. The lowest BCUT2D eigenvalue weighted by molar-refractivity contribution is -0.304. The van der Waals surface area contributed by atoms with E-state index in [1.807, 2.05) is 13.0 Å². The van der Waals surface area contributed by atoms with Crippen LogP contribution in [0.2, 0.25) is 0 Å². The smallest absolute Gasteiger partial charge is 0.403 e. The van der Waals surface area contributed by atoms with E-state index in [0.717, 1.165) is 43.3 Å². The first-order valence-electron chi connectivity index (χ1n) is 9.60. The Morgan fingerprint density at radius 2 is 2.00 bits per heavy atom. The van der Waals surface area contributed by atoms with Crippen LogP contribution in [0, 0.1) is 6.92 Å². The van der Waals surface area contributed by atoms with Gasteiger partial charge in [-0.25, -0.2) is 4.39 Å². The first-order valence-corrected chi connectivity index (χ1v) is 9.60. The van der Waals surface area contributed by atoms with E-state index in [1.54, 1.807) is 13.1 Å². The fourth-order valence-corrected chi connectivity index (χ4v) is 3.77. The monoisotopic (exact) mass is 415 g/mol. The van der Waals surface area contributed by atoms with Gasteiger partial charge in [-0.15, -0.1) is 13.2 Å². The number of piperidine rings is 1. The van der Waals surface area contributed by atoms with E-state index in [-0.39, 0.29) is 12.5 Å². The van der Waals surface area contributed by atoms with E-state index in [0.29, 0.717) is 5.69 Å². The van der Waals surface area contributed by atoms with Gasteiger partial charge in [-0.3, -0.25) is 10.3 Å². The molecule has 2 aliphatic rings. The Morgan fingerprint density at radius 1 is 1.31 bits per heavy atom. The van der Waals surface area contributed by atoms with E-state index in [4.69, 9.17) is 0 Å². The highest BCUT2D eigenvalue weighted by atomic mass is 19.4. The number of halogens is 4. The molecular formula is C20H25F4N3O2. The average molecular weight is 415 g/mol. The van der Waals surface area contributed by atoms with Crippen LogP contribution in [-0.4, -0.2) is 41.8 Å². The van der Waals surface area contributed by atoms with Crippen molar-refractivity contribution < 1.29 is 27.4 Å². The summed E-state index contributed by atoms with van der Waals surface area (Å²) in [6.45, 7) is 5.24. The molecule has 2 N–H and O–H groups in total. The Labute approximate surface area is 167 Å². The van der Waals surface area contributed by atoms with Crippen LogP contribution in [0.25, 0.3) is 0 Å². The second-order valence-corrected chi connectivity index (χ2v) is 7.49. The zero-order valence-corrected chi connectivity index (χ0v) is 16.3. The number of ether oxygens (including phenoxy) is 1. The first kappa shape index (κ1) is 21.6. The molecule has 0 amide bonds. The lowest BCUT2D eigenvalue weighted by Gasteiger charge is -2.35. The molecule has 5 nitrogen and oxygen atoms in total. The minimum Gasteiger partial charge on any atom is -0.403 e. The van der Waals surface area contributed by atoms with E-state index in [2.05, 4.69) is 19.9 Å². The van der Waals surface area contributed by atoms with Gasteiger partial charge in [0.2, 0.25) is 0 Å². The summed E-state index contributed by atoms with van der Waals surface area (Å²) in [5.41, 5.74) is 2.57. The van der Waals surface area contributed by atoms with E-state index >= 15 is 0 Å². The third kappa shape index (κ3) is 5.70. The summed E-state index contributed by atoms with van der Waals surface area (Å²) in [4.78, 5) is 6.59. The number of aliphatic hydroxyl groups is 1. The van der Waals surface area contributed by atoms with Gasteiger partial charge in [-0.05, 0) is 44.4 Å². The summed E-state index contributed by atoms with van der Waals surface area (Å²) in [6.07, 6.45) is 0.277. The van der Waals surface area contributed by atoms with Gasteiger partial charge in [-0.1, -0.05) is 6.08 Å². The van der Waals surface area contributed by atoms with Gasteiger partial charge in [0.25, 0.3) is 0 Å². The van der Waals surface area contributed by atoms with Crippen LogP contribution in [0.15, 0.2) is 36.0 Å². The van der Waals surface area contributed by atoms with Crippen LogP contribution in [0.3, 0.4) is 0 Å². The van der Waals surface area contributed by atoms with E-state index < -0.39 is 30.1 Å². The summed E-state index contributed by atoms with van der Waals surface area (Å²) in [5, 5.41) is 12.6. The van der Waals surface area contributed by atoms with Crippen molar-refractivity contribution in [3.63, 3.8) is 0 Å². The molecule has 2 heterocycles. The summed E-state index contributed by atoms with van der Waals surface area (Å²) >= 11 is 0. The minimum atomic E-state index is -4.92. The van der Waals surface area contributed by atoms with Crippen LogP contribution in [0.5, 0.6) is 0 Å². The Morgan fingerprint density at radius 3 is 2.59 bits per heavy atom. The lowest BCUT2D eigenvalue weighted by atomic mass is 9.94. The van der Waals surface area contributed by atoms with Crippen molar-refractivity contribution in [3.8, 4) is 0 Å². The molecule has 2 atom stereocenters. The minimum absolute atomic E-state index is 0.224. The molecule has 2 unspecified atom stereocenters. The second kappa shape index (κ2) is 8.71. The number of nitrogens with zero attached hydrogens (tertiary/aromatic N) is 2. The molecule has 1 aliphatic heterocycles. The largest absolute Gasteiger partial charge is 0.573 e. The maximum Gasteiger partial charge on any atom is 0.573 e. The van der Waals surface area contributed by atoms with Crippen LogP contribution >= 0.6 is 0 Å². The van der Waals surface area contributed by atoms with E-state index in [1.165, 1.54) is 6.08 Å². The highest BCUT2D eigenvalue weighted by Gasteiger charge is 2.34. The Kier molecular flexibility index (Phi) is 6.48. The molecule has 0 spiro atoms. The number of alkyl halides is 3. The molecule has 3 rings (SSSR count). The van der Waals surface area contributed by atoms with Crippen LogP contribution in [0.1, 0.15) is 43.4 Å². The standard InChI is InChI=1S/C20H25F4N3O2/c1-12-11-25-17(14-3-4-19(16(21)9-14)29-20(22,23)24)10-18(12)27-7-5-15(6-8-27)26-13(2)28/h3-4,10-11,13-15,26,28H,5-9H2,1-2H3. The van der Waals surface area contributed by atoms with E-state index in [9.17, 15) is 22.7 Å². The van der Waals surface area contributed by atoms with Crippen molar-refractivity contribution in [2.75, 3.05) is 18.0 Å². The van der Waals surface area contributed by atoms with Crippen molar-refractivity contribution in [2.45, 2.75) is 57.7 Å². The number of hydrogen-bond donors (Lipinski definition) is 2. The molecule has 29 heavy (non-hydrogen) atoms.